The Morgan fingerprint density at radius 2 is 1.86 bits per heavy atom. The van der Waals surface area contributed by atoms with Crippen LogP contribution in [-0.2, 0) is 12.2 Å². The van der Waals surface area contributed by atoms with Gasteiger partial charge in [-0.2, -0.15) is 10.2 Å². The van der Waals surface area contributed by atoms with Crippen LogP contribution in [-0.4, -0.2) is 25.9 Å². The average Bonchev–Trinajstić information content (AvgIpc) is 3.57. The maximum absolute atomic E-state index is 11.5. The molecule has 226 valence electrons. The van der Waals surface area contributed by atoms with Gasteiger partial charge in [-0.05, 0) is 69.9 Å². The van der Waals surface area contributed by atoms with Crippen molar-refractivity contribution >= 4 is 40.6 Å². The van der Waals surface area contributed by atoms with Gasteiger partial charge in [0, 0.05) is 34.7 Å². The molecule has 10 nitrogen and oxygen atoms in total. The lowest BCUT2D eigenvalue weighted by atomic mass is 9.66. The van der Waals surface area contributed by atoms with Crippen molar-refractivity contribution in [2.75, 3.05) is 0 Å². The smallest absolute Gasteiger partial charge is 0.187 e. The second-order valence-corrected chi connectivity index (χ2v) is 12.6. The zero-order valence-corrected chi connectivity index (χ0v) is 25.9. The Hall–Kier alpha value is -3.28. The van der Waals surface area contributed by atoms with Gasteiger partial charge in [-0.1, -0.05) is 52.1 Å². The Morgan fingerprint density at radius 3 is 2.47 bits per heavy atom. The van der Waals surface area contributed by atoms with Crippen molar-refractivity contribution in [1.82, 2.24) is 20.4 Å². The molecule has 6 N–H and O–H groups in total. The maximum Gasteiger partial charge on any atom is 0.187 e. The number of rotatable bonds is 9. The third-order valence-corrected chi connectivity index (χ3v) is 9.08. The van der Waals surface area contributed by atoms with Gasteiger partial charge in [0.05, 0.1) is 26.2 Å². The van der Waals surface area contributed by atoms with Crippen LogP contribution in [0.2, 0.25) is 15.1 Å². The first-order chi connectivity index (χ1) is 20.6. The highest BCUT2D eigenvalue weighted by Gasteiger charge is 2.47. The Balaban J connectivity index is 1.19. The van der Waals surface area contributed by atoms with E-state index in [0.29, 0.717) is 62.1 Å². The van der Waals surface area contributed by atoms with E-state index in [4.69, 9.17) is 55.7 Å². The van der Waals surface area contributed by atoms with Crippen molar-refractivity contribution in [3.05, 3.63) is 85.8 Å². The molecule has 2 aromatic carbocycles. The van der Waals surface area contributed by atoms with E-state index in [0.717, 1.165) is 29.9 Å². The summed E-state index contributed by atoms with van der Waals surface area (Å²) in [6.07, 6.45) is 3.01. The van der Waals surface area contributed by atoms with E-state index in [9.17, 15) is 5.11 Å². The van der Waals surface area contributed by atoms with E-state index in [1.54, 1.807) is 24.3 Å². The van der Waals surface area contributed by atoms with E-state index >= 15 is 0 Å². The number of hydrazine groups is 1. The van der Waals surface area contributed by atoms with Crippen molar-refractivity contribution in [1.29, 1.82) is 0 Å². The van der Waals surface area contributed by atoms with Crippen molar-refractivity contribution in [3.8, 4) is 17.0 Å². The summed E-state index contributed by atoms with van der Waals surface area (Å²) in [6, 6.07) is 12.7. The Bertz CT molecular complexity index is 1670. The number of nitrogens with one attached hydrogen (secondary N) is 1. The van der Waals surface area contributed by atoms with Crippen LogP contribution >= 0.6 is 34.8 Å². The maximum atomic E-state index is 11.5. The number of hydrogen-bond donors (Lipinski definition) is 4. The number of ether oxygens (including phenoxy) is 1. The fourth-order valence-corrected chi connectivity index (χ4v) is 6.69. The lowest BCUT2D eigenvalue weighted by Gasteiger charge is -2.44. The number of nitrogens with zero attached hydrogens (tertiary/aromatic N) is 4. The summed E-state index contributed by atoms with van der Waals surface area (Å²) in [5.74, 6) is 13.0. The highest BCUT2D eigenvalue weighted by molar-refractivity contribution is 6.39. The standard InChI is InChI=1S/C30H32Cl3N7O3/c1-15(2)40-25(11-24(38-40)29(36-34)37-35)17-12-30(41,13-17)20-9-8-18(10-23(20)33)42-14-19-27(39-43-28(19)16-6-7-16)26-21(31)4-3-5-22(26)32/h3-5,8-11,15-17,41H,6-7,12-14,34-35H2,1-2H3,(H,36,37). The van der Waals surface area contributed by atoms with E-state index in [1.165, 1.54) is 0 Å². The predicted molar refractivity (Wildman–Crippen MR) is 166 cm³/mol. The zero-order chi connectivity index (χ0) is 30.5. The molecule has 2 aliphatic rings. The minimum absolute atomic E-state index is 0.0573. The summed E-state index contributed by atoms with van der Waals surface area (Å²) in [7, 11) is 0. The molecule has 0 spiro atoms. The summed E-state index contributed by atoms with van der Waals surface area (Å²) >= 11 is 19.7. The molecule has 2 aliphatic carbocycles. The monoisotopic (exact) mass is 643 g/mol. The molecule has 0 saturated heterocycles. The Labute approximate surface area is 263 Å². The number of benzene rings is 2. The van der Waals surface area contributed by atoms with Crippen molar-refractivity contribution in [3.63, 3.8) is 0 Å². The van der Waals surface area contributed by atoms with Gasteiger partial charge in [0.25, 0.3) is 0 Å². The molecular weight excluding hydrogens is 613 g/mol. The fourth-order valence-electron chi connectivity index (χ4n) is 5.77. The lowest BCUT2D eigenvalue weighted by molar-refractivity contribution is -0.0569. The summed E-state index contributed by atoms with van der Waals surface area (Å²) in [5, 5.41) is 25.5. The molecule has 2 aromatic heterocycles. The predicted octanol–water partition coefficient (Wildman–Crippen LogP) is 6.38. The van der Waals surface area contributed by atoms with Crippen LogP contribution in [0.25, 0.3) is 11.3 Å². The number of aliphatic hydroxyl groups is 1. The summed E-state index contributed by atoms with van der Waals surface area (Å²) in [4.78, 5) is 0. The molecular formula is C30H32Cl3N7O3. The van der Waals surface area contributed by atoms with Gasteiger partial charge >= 0.3 is 0 Å². The molecule has 0 bridgehead atoms. The second kappa shape index (κ2) is 11.7. The molecule has 6 rings (SSSR count). The van der Waals surface area contributed by atoms with Crippen LogP contribution in [0, 0.1) is 0 Å². The van der Waals surface area contributed by atoms with Gasteiger partial charge in [0.2, 0.25) is 0 Å². The van der Waals surface area contributed by atoms with Gasteiger partial charge < -0.3 is 25.6 Å². The molecule has 43 heavy (non-hydrogen) atoms. The second-order valence-electron chi connectivity index (χ2n) is 11.4. The molecule has 0 unspecified atom stereocenters. The van der Waals surface area contributed by atoms with Gasteiger partial charge in [0.15, 0.2) is 5.84 Å². The van der Waals surface area contributed by atoms with E-state index < -0.39 is 5.60 Å². The van der Waals surface area contributed by atoms with Gasteiger partial charge in [-0.3, -0.25) is 4.68 Å². The van der Waals surface area contributed by atoms with E-state index in [1.807, 2.05) is 36.7 Å². The molecule has 0 aliphatic heterocycles. The summed E-state index contributed by atoms with van der Waals surface area (Å²) < 4.78 is 13.8. The molecule has 0 atom stereocenters. The minimum atomic E-state index is -1.09. The highest BCUT2D eigenvalue weighted by Crippen LogP contribution is 2.53. The van der Waals surface area contributed by atoms with Crippen LogP contribution in [0.5, 0.6) is 5.75 Å². The molecule has 0 radical (unpaired) electrons. The van der Waals surface area contributed by atoms with Gasteiger partial charge in [-0.15, -0.1) is 0 Å². The average molecular weight is 645 g/mol. The first kappa shape index (κ1) is 29.8. The van der Waals surface area contributed by atoms with Crippen LogP contribution in [0.1, 0.15) is 85.7 Å². The molecule has 4 aromatic rings. The summed E-state index contributed by atoms with van der Waals surface area (Å²) in [6.45, 7) is 4.27. The van der Waals surface area contributed by atoms with Gasteiger partial charge in [-0.25, -0.2) is 5.84 Å². The third-order valence-electron chi connectivity index (χ3n) is 8.14. The van der Waals surface area contributed by atoms with Crippen LogP contribution in [0.15, 0.2) is 52.1 Å². The van der Waals surface area contributed by atoms with Crippen molar-refractivity contribution < 1.29 is 14.4 Å². The SMILES string of the molecule is CC(C)n1nc(/C(=N/N)NN)cc1C1CC(O)(c2ccc(OCc3c(-c4c(Cl)cccc4Cl)noc3C3CC3)cc2Cl)C1. The fraction of sp³-hybridized carbons (Fsp3) is 0.367. The number of hydrogen-bond acceptors (Lipinski definition) is 8. The highest BCUT2D eigenvalue weighted by atomic mass is 35.5. The molecule has 2 heterocycles. The van der Waals surface area contributed by atoms with E-state index in [2.05, 4.69) is 20.8 Å². The zero-order valence-electron chi connectivity index (χ0n) is 23.7. The van der Waals surface area contributed by atoms with Gasteiger partial charge in [0.1, 0.15) is 29.5 Å². The molecule has 13 heteroatoms. The summed E-state index contributed by atoms with van der Waals surface area (Å²) in [5.41, 5.74) is 5.55. The lowest BCUT2D eigenvalue weighted by Crippen LogP contribution is -2.41. The molecule has 0 amide bonds. The first-order valence-electron chi connectivity index (χ1n) is 14.1. The van der Waals surface area contributed by atoms with Crippen LogP contribution in [0.4, 0.5) is 0 Å². The number of aromatic nitrogens is 3. The first-order valence-corrected chi connectivity index (χ1v) is 15.2. The van der Waals surface area contributed by atoms with Crippen molar-refractivity contribution in [2.24, 2.45) is 16.8 Å². The number of halogens is 3. The minimum Gasteiger partial charge on any atom is -0.489 e. The van der Waals surface area contributed by atoms with Crippen LogP contribution in [0.3, 0.4) is 0 Å². The van der Waals surface area contributed by atoms with Crippen LogP contribution < -0.4 is 21.8 Å². The quantitative estimate of drug-likeness (QED) is 0.0709. The largest absolute Gasteiger partial charge is 0.489 e. The Kier molecular flexibility index (Phi) is 8.08. The number of hydrazone groups is 1. The Morgan fingerprint density at radius 1 is 1.14 bits per heavy atom. The topological polar surface area (TPSA) is 150 Å². The normalized spacial score (nSPS) is 20.4. The molecule has 2 saturated carbocycles. The molecule has 2 fully saturated rings. The number of amidine groups is 1. The van der Waals surface area contributed by atoms with E-state index in [-0.39, 0.29) is 24.4 Å². The third kappa shape index (κ3) is 5.58. The number of nitrogens with two attached hydrogens (primary N) is 2. The van der Waals surface area contributed by atoms with Crippen molar-refractivity contribution in [2.45, 2.75) is 69.6 Å².